The van der Waals surface area contributed by atoms with Gasteiger partial charge in [0.05, 0.1) is 10.0 Å². The van der Waals surface area contributed by atoms with Crippen LogP contribution < -0.4 is 5.32 Å². The van der Waals surface area contributed by atoms with E-state index >= 15 is 0 Å². The van der Waals surface area contributed by atoms with Gasteiger partial charge in [-0.25, -0.2) is 0 Å². The molecule has 0 spiro atoms. The molecule has 2 heterocycles. The first-order valence-electron chi connectivity index (χ1n) is 8.14. The molecular formula is C20H12Cl3NO3S. The summed E-state index contributed by atoms with van der Waals surface area (Å²) in [5.74, 6) is 0.599. The lowest BCUT2D eigenvalue weighted by Gasteiger charge is -2.07. The highest BCUT2D eigenvalue weighted by Crippen LogP contribution is 2.37. The molecule has 28 heavy (non-hydrogen) atoms. The Balaban J connectivity index is 1.65. The Labute approximate surface area is 179 Å². The molecular weight excluding hydrogens is 441 g/mol. The SMILES string of the molecule is O=C(Nc1ccc(Cl)c(-c2ccc(CO)o2)c1)c1sc2cc(Cl)ccc2c1Cl. The van der Waals surface area contributed by atoms with Crippen molar-refractivity contribution in [3.8, 4) is 11.3 Å². The lowest BCUT2D eigenvalue weighted by Crippen LogP contribution is -2.10. The molecule has 2 N–H and O–H groups in total. The number of carbonyl (C=O) groups is 1. The van der Waals surface area contributed by atoms with Crippen molar-refractivity contribution in [1.29, 1.82) is 0 Å². The number of aliphatic hydroxyl groups is 1. The number of amides is 1. The maximum atomic E-state index is 12.8. The molecule has 4 aromatic rings. The number of furan rings is 1. The summed E-state index contributed by atoms with van der Waals surface area (Å²) >= 11 is 19.9. The van der Waals surface area contributed by atoms with Crippen molar-refractivity contribution in [2.24, 2.45) is 0 Å². The monoisotopic (exact) mass is 451 g/mol. The number of benzene rings is 2. The zero-order chi connectivity index (χ0) is 19.8. The third kappa shape index (κ3) is 3.64. The van der Waals surface area contributed by atoms with Crippen LogP contribution in [0.15, 0.2) is 52.9 Å². The van der Waals surface area contributed by atoms with Crippen LogP contribution in [0.4, 0.5) is 5.69 Å². The quantitative estimate of drug-likeness (QED) is 0.355. The van der Waals surface area contributed by atoms with E-state index in [1.165, 1.54) is 11.3 Å². The van der Waals surface area contributed by atoms with E-state index in [0.29, 0.717) is 42.7 Å². The molecule has 0 aliphatic heterocycles. The van der Waals surface area contributed by atoms with E-state index in [2.05, 4.69) is 5.32 Å². The maximum absolute atomic E-state index is 12.8. The second-order valence-corrected chi connectivity index (χ2v) is 8.23. The number of aliphatic hydroxyl groups excluding tert-OH is 1. The summed E-state index contributed by atoms with van der Waals surface area (Å²) in [5, 5.41) is 14.2. The molecule has 1 amide bonds. The van der Waals surface area contributed by atoms with Gasteiger partial charge in [-0.15, -0.1) is 11.3 Å². The molecule has 0 aliphatic carbocycles. The summed E-state index contributed by atoms with van der Waals surface area (Å²) in [7, 11) is 0. The summed E-state index contributed by atoms with van der Waals surface area (Å²) in [5.41, 5.74) is 1.14. The van der Waals surface area contributed by atoms with Gasteiger partial charge < -0.3 is 14.8 Å². The molecule has 0 fully saturated rings. The molecule has 0 unspecified atom stereocenters. The number of thiophene rings is 1. The number of fused-ring (bicyclic) bond motifs is 1. The minimum Gasteiger partial charge on any atom is -0.459 e. The zero-order valence-electron chi connectivity index (χ0n) is 14.1. The van der Waals surface area contributed by atoms with Gasteiger partial charge >= 0.3 is 0 Å². The average Bonchev–Trinajstić information content (AvgIpc) is 3.28. The van der Waals surface area contributed by atoms with Crippen LogP contribution in [-0.2, 0) is 6.61 Å². The molecule has 2 aromatic carbocycles. The lowest BCUT2D eigenvalue weighted by molar-refractivity contribution is 0.103. The zero-order valence-corrected chi connectivity index (χ0v) is 17.2. The molecule has 4 nitrogen and oxygen atoms in total. The summed E-state index contributed by atoms with van der Waals surface area (Å²) in [6, 6.07) is 13.8. The third-order valence-corrected chi connectivity index (χ3v) is 6.33. The normalized spacial score (nSPS) is 11.1. The fourth-order valence-corrected chi connectivity index (χ4v) is 4.67. The van der Waals surface area contributed by atoms with Crippen molar-refractivity contribution in [2.45, 2.75) is 6.61 Å². The Morgan fingerprint density at radius 2 is 1.89 bits per heavy atom. The first kappa shape index (κ1) is 19.3. The standard InChI is InChI=1S/C20H12Cl3NO3S/c21-10-1-4-13-17(7-10)28-19(18(13)23)20(26)24-11-2-5-15(22)14(8-11)16-6-3-12(9-25)27-16/h1-8,25H,9H2,(H,24,26). The van der Waals surface area contributed by atoms with Crippen molar-refractivity contribution in [3.63, 3.8) is 0 Å². The maximum Gasteiger partial charge on any atom is 0.267 e. The van der Waals surface area contributed by atoms with Crippen LogP contribution in [0.5, 0.6) is 0 Å². The van der Waals surface area contributed by atoms with Crippen LogP contribution in [0, 0.1) is 0 Å². The fraction of sp³-hybridized carbons (Fsp3) is 0.0500. The van der Waals surface area contributed by atoms with Crippen molar-refractivity contribution < 1.29 is 14.3 Å². The van der Waals surface area contributed by atoms with Crippen molar-refractivity contribution in [1.82, 2.24) is 0 Å². The summed E-state index contributed by atoms with van der Waals surface area (Å²) in [6.45, 7) is -0.206. The predicted molar refractivity (Wildman–Crippen MR) is 115 cm³/mol. The van der Waals surface area contributed by atoms with Crippen molar-refractivity contribution in [2.75, 3.05) is 5.32 Å². The topological polar surface area (TPSA) is 62.5 Å². The first-order valence-corrected chi connectivity index (χ1v) is 10.1. The number of rotatable bonds is 4. The van der Waals surface area contributed by atoms with Crippen LogP contribution in [0.1, 0.15) is 15.4 Å². The van der Waals surface area contributed by atoms with E-state index < -0.39 is 0 Å². The first-order chi connectivity index (χ1) is 13.5. The van der Waals surface area contributed by atoms with Crippen LogP contribution in [0.25, 0.3) is 21.4 Å². The largest absolute Gasteiger partial charge is 0.459 e. The van der Waals surface area contributed by atoms with Crippen molar-refractivity contribution >= 4 is 67.8 Å². The van der Waals surface area contributed by atoms with E-state index in [4.69, 9.17) is 44.3 Å². The minimum absolute atomic E-state index is 0.206. The van der Waals surface area contributed by atoms with Crippen LogP contribution >= 0.6 is 46.1 Å². The predicted octanol–water partition coefficient (Wildman–Crippen LogP) is 6.87. The van der Waals surface area contributed by atoms with E-state index in [-0.39, 0.29) is 12.5 Å². The highest BCUT2D eigenvalue weighted by molar-refractivity contribution is 7.21. The van der Waals surface area contributed by atoms with Gasteiger partial charge in [0.15, 0.2) is 0 Å². The fourth-order valence-electron chi connectivity index (χ4n) is 2.77. The average molecular weight is 453 g/mol. The summed E-state index contributed by atoms with van der Waals surface area (Å²) in [4.78, 5) is 13.2. The Morgan fingerprint density at radius 3 is 2.64 bits per heavy atom. The van der Waals surface area contributed by atoms with Crippen LogP contribution in [0.2, 0.25) is 15.1 Å². The van der Waals surface area contributed by atoms with Gasteiger partial charge in [-0.05, 0) is 42.5 Å². The smallest absolute Gasteiger partial charge is 0.267 e. The molecule has 8 heteroatoms. The second-order valence-electron chi connectivity index (χ2n) is 5.96. The highest BCUT2D eigenvalue weighted by Gasteiger charge is 2.18. The molecule has 0 saturated carbocycles. The Bertz CT molecular complexity index is 1200. The minimum atomic E-state index is -0.328. The Morgan fingerprint density at radius 1 is 1.07 bits per heavy atom. The summed E-state index contributed by atoms with van der Waals surface area (Å²) < 4.78 is 6.38. The number of hydrogen-bond donors (Lipinski definition) is 2. The molecule has 0 atom stereocenters. The lowest BCUT2D eigenvalue weighted by atomic mass is 10.1. The van der Waals surface area contributed by atoms with E-state index in [9.17, 15) is 4.79 Å². The van der Waals surface area contributed by atoms with Gasteiger partial charge in [-0.2, -0.15) is 0 Å². The van der Waals surface area contributed by atoms with E-state index in [0.717, 1.165) is 10.1 Å². The van der Waals surface area contributed by atoms with Gasteiger partial charge in [0, 0.05) is 26.4 Å². The number of nitrogens with one attached hydrogen (secondary N) is 1. The molecule has 4 rings (SSSR count). The van der Waals surface area contributed by atoms with Crippen molar-refractivity contribution in [3.05, 3.63) is 74.2 Å². The van der Waals surface area contributed by atoms with Gasteiger partial charge in [0.2, 0.25) is 0 Å². The number of anilines is 1. The Kier molecular flexibility index (Phi) is 5.36. The van der Waals surface area contributed by atoms with Gasteiger partial charge in [-0.1, -0.05) is 40.9 Å². The van der Waals surface area contributed by atoms with E-state index in [1.807, 2.05) is 0 Å². The molecule has 0 radical (unpaired) electrons. The second kappa shape index (κ2) is 7.78. The third-order valence-electron chi connectivity index (χ3n) is 4.10. The number of halogens is 3. The van der Waals surface area contributed by atoms with E-state index in [1.54, 1.807) is 48.5 Å². The number of carbonyl (C=O) groups excluding carboxylic acids is 1. The molecule has 0 bridgehead atoms. The van der Waals surface area contributed by atoms with Crippen LogP contribution in [-0.4, -0.2) is 11.0 Å². The van der Waals surface area contributed by atoms with Crippen LogP contribution in [0.3, 0.4) is 0 Å². The Hall–Kier alpha value is -2.02. The number of hydrogen-bond acceptors (Lipinski definition) is 4. The van der Waals surface area contributed by atoms with Gasteiger partial charge in [0.25, 0.3) is 5.91 Å². The molecule has 0 aliphatic rings. The van der Waals surface area contributed by atoms with Gasteiger partial charge in [-0.3, -0.25) is 4.79 Å². The van der Waals surface area contributed by atoms with Gasteiger partial charge in [0.1, 0.15) is 23.0 Å². The summed E-state index contributed by atoms with van der Waals surface area (Å²) in [6.07, 6.45) is 0. The molecule has 0 saturated heterocycles. The molecule has 142 valence electrons. The highest BCUT2D eigenvalue weighted by atomic mass is 35.5. The molecule has 2 aromatic heterocycles.